The van der Waals surface area contributed by atoms with E-state index >= 15 is 4.39 Å². The molecule has 11 nitrogen and oxygen atoms in total. The Balaban J connectivity index is 2.06. The van der Waals surface area contributed by atoms with Crippen molar-refractivity contribution in [2.45, 2.75) is 78.9 Å². The summed E-state index contributed by atoms with van der Waals surface area (Å²) in [5.41, 5.74) is -1.25. The second kappa shape index (κ2) is 13.5. The number of nitrogens with one attached hydrogen (secondary N) is 1. The lowest BCUT2D eigenvalue weighted by Crippen LogP contribution is -2.44. The summed E-state index contributed by atoms with van der Waals surface area (Å²) < 4.78 is 31.3. The van der Waals surface area contributed by atoms with E-state index in [-0.39, 0.29) is 46.4 Å². The topological polar surface area (TPSA) is 137 Å². The van der Waals surface area contributed by atoms with Crippen molar-refractivity contribution < 1.29 is 37.8 Å². The molecule has 0 radical (unpaired) electrons. The number of pyridine rings is 2. The van der Waals surface area contributed by atoms with Crippen LogP contribution in [0.15, 0.2) is 30.7 Å². The highest BCUT2D eigenvalue weighted by molar-refractivity contribution is 6.36. The number of amides is 3. The fourth-order valence-corrected chi connectivity index (χ4v) is 4.35. The van der Waals surface area contributed by atoms with E-state index in [1.165, 1.54) is 37.8 Å². The minimum atomic E-state index is -0.996. The maximum atomic E-state index is 15.7. The third kappa shape index (κ3) is 8.62. The molecule has 44 heavy (non-hydrogen) atoms. The zero-order valence-electron chi connectivity index (χ0n) is 26.0. The van der Waals surface area contributed by atoms with Gasteiger partial charge in [-0.2, -0.15) is 4.90 Å². The molecule has 3 rings (SSSR count). The van der Waals surface area contributed by atoms with Crippen LogP contribution in [0.4, 0.5) is 25.5 Å². The van der Waals surface area contributed by atoms with Gasteiger partial charge in [0.05, 0.1) is 24.0 Å². The molecule has 236 valence electrons. The molecule has 3 aromatic rings. The van der Waals surface area contributed by atoms with Crippen molar-refractivity contribution in [3.63, 3.8) is 0 Å². The third-order valence-corrected chi connectivity index (χ3v) is 6.42. The average molecular weight is 631 g/mol. The first-order chi connectivity index (χ1) is 20.4. The van der Waals surface area contributed by atoms with Gasteiger partial charge in [-0.3, -0.25) is 14.6 Å². The van der Waals surface area contributed by atoms with E-state index in [1.54, 1.807) is 48.5 Å². The molecule has 3 amide bonds. The number of imide groups is 1. The van der Waals surface area contributed by atoms with Crippen LogP contribution in [0.3, 0.4) is 0 Å². The Labute approximate surface area is 260 Å². The molecule has 1 N–H and O–H groups in total. The highest BCUT2D eigenvalue weighted by Crippen LogP contribution is 2.38. The smallest absolute Gasteiger partial charge is 0.424 e. The van der Waals surface area contributed by atoms with Crippen molar-refractivity contribution in [1.82, 2.24) is 9.97 Å². The predicted octanol–water partition coefficient (Wildman–Crippen LogP) is 7.36. The standard InChI is InChI=1S/C31H36ClFN4O7/c1-17-20(14-34-16-22(17)37(28(40)43-30(2,3)4)29(41)44-31(5,6)7)19-12-18-13-23(35-15-21(18)26(32)27(19)33)36-24(38)10-9-11-25(39)42-8/h12-16H,9-11H2,1-8H3,(H,35,36,38). The van der Waals surface area contributed by atoms with Crippen LogP contribution in [-0.2, 0) is 23.8 Å². The minimum Gasteiger partial charge on any atom is -0.469 e. The molecule has 0 bridgehead atoms. The van der Waals surface area contributed by atoms with Gasteiger partial charge < -0.3 is 19.5 Å². The average Bonchev–Trinajstić information content (AvgIpc) is 2.89. The summed E-state index contributed by atoms with van der Waals surface area (Å²) in [4.78, 5) is 59.2. The van der Waals surface area contributed by atoms with Crippen LogP contribution in [0.2, 0.25) is 5.02 Å². The summed E-state index contributed by atoms with van der Waals surface area (Å²) in [5, 5.41) is 3.18. The van der Waals surface area contributed by atoms with Gasteiger partial charge in [0.15, 0.2) is 0 Å². The second-order valence-corrected chi connectivity index (χ2v) is 12.3. The highest BCUT2D eigenvalue weighted by atomic mass is 35.5. The number of anilines is 2. The molecule has 0 spiro atoms. The minimum absolute atomic E-state index is 0.0243. The number of halogens is 2. The van der Waals surface area contributed by atoms with Crippen molar-refractivity contribution in [1.29, 1.82) is 0 Å². The molecule has 2 heterocycles. The first-order valence-corrected chi connectivity index (χ1v) is 14.1. The van der Waals surface area contributed by atoms with Crippen LogP contribution in [0.25, 0.3) is 21.9 Å². The zero-order chi connectivity index (χ0) is 33.0. The number of carbonyl (C=O) groups excluding carboxylic acids is 4. The number of benzene rings is 1. The lowest BCUT2D eigenvalue weighted by molar-refractivity contribution is -0.140. The van der Waals surface area contributed by atoms with E-state index < -0.39 is 35.2 Å². The summed E-state index contributed by atoms with van der Waals surface area (Å²) in [5.74, 6) is -1.37. The van der Waals surface area contributed by atoms with Gasteiger partial charge in [0.1, 0.15) is 22.8 Å². The molecule has 0 aliphatic carbocycles. The fraction of sp³-hybridized carbons (Fsp3) is 0.419. The number of ether oxygens (including phenoxy) is 3. The molecule has 0 saturated carbocycles. The van der Waals surface area contributed by atoms with Gasteiger partial charge in [0, 0.05) is 41.7 Å². The van der Waals surface area contributed by atoms with Gasteiger partial charge in [-0.15, -0.1) is 0 Å². The predicted molar refractivity (Wildman–Crippen MR) is 164 cm³/mol. The highest BCUT2D eigenvalue weighted by Gasteiger charge is 2.34. The largest absolute Gasteiger partial charge is 0.469 e. The molecule has 0 aliphatic rings. The number of hydrogen-bond acceptors (Lipinski definition) is 9. The molecule has 1 aromatic carbocycles. The van der Waals surface area contributed by atoms with Crippen LogP contribution < -0.4 is 10.2 Å². The third-order valence-electron chi connectivity index (χ3n) is 6.05. The van der Waals surface area contributed by atoms with E-state index in [0.717, 1.165) is 4.90 Å². The Morgan fingerprint density at radius 3 is 2.11 bits per heavy atom. The summed E-state index contributed by atoms with van der Waals surface area (Å²) in [6.07, 6.45) is 2.46. The first kappa shape index (κ1) is 34.2. The van der Waals surface area contributed by atoms with Gasteiger partial charge >= 0.3 is 18.2 Å². The Bertz CT molecular complexity index is 1570. The Morgan fingerprint density at radius 1 is 0.932 bits per heavy atom. The van der Waals surface area contributed by atoms with E-state index in [2.05, 4.69) is 20.0 Å². The van der Waals surface area contributed by atoms with Crippen molar-refractivity contribution in [2.75, 3.05) is 17.3 Å². The zero-order valence-corrected chi connectivity index (χ0v) is 26.7. The number of nitrogens with zero attached hydrogens (tertiary/aromatic N) is 3. The van der Waals surface area contributed by atoms with E-state index in [0.29, 0.717) is 22.8 Å². The van der Waals surface area contributed by atoms with Crippen molar-refractivity contribution >= 4 is 57.9 Å². The van der Waals surface area contributed by atoms with Gasteiger partial charge in [0.2, 0.25) is 5.91 Å². The summed E-state index contributed by atoms with van der Waals surface area (Å²) >= 11 is 6.43. The molecule has 0 atom stereocenters. The van der Waals surface area contributed by atoms with Gasteiger partial charge in [-0.25, -0.2) is 19.0 Å². The summed E-state index contributed by atoms with van der Waals surface area (Å²) in [6, 6.07) is 3.03. The monoisotopic (exact) mass is 630 g/mol. The number of rotatable bonds is 7. The number of methoxy groups -OCH3 is 1. The van der Waals surface area contributed by atoms with E-state index in [4.69, 9.17) is 21.1 Å². The molecule has 0 saturated heterocycles. The number of esters is 1. The number of aromatic nitrogens is 2. The Morgan fingerprint density at radius 2 is 1.55 bits per heavy atom. The second-order valence-electron chi connectivity index (χ2n) is 11.9. The number of fused-ring (bicyclic) bond motifs is 1. The molecular weight excluding hydrogens is 595 g/mol. The molecular formula is C31H36ClFN4O7. The Hall–Kier alpha value is -4.32. The molecule has 0 aliphatic heterocycles. The first-order valence-electron chi connectivity index (χ1n) is 13.8. The van der Waals surface area contributed by atoms with Crippen LogP contribution in [0.5, 0.6) is 0 Å². The van der Waals surface area contributed by atoms with Crippen LogP contribution >= 0.6 is 11.6 Å². The summed E-state index contributed by atoms with van der Waals surface area (Å²) in [6.45, 7) is 11.5. The summed E-state index contributed by atoms with van der Waals surface area (Å²) in [7, 11) is 1.27. The van der Waals surface area contributed by atoms with Gasteiger partial charge in [-0.05, 0) is 78.0 Å². The quantitative estimate of drug-likeness (QED) is 0.210. The van der Waals surface area contributed by atoms with Gasteiger partial charge in [0.25, 0.3) is 0 Å². The van der Waals surface area contributed by atoms with Crippen molar-refractivity contribution in [3.05, 3.63) is 47.1 Å². The molecule has 0 unspecified atom stereocenters. The number of hydrogen-bond donors (Lipinski definition) is 1. The normalized spacial score (nSPS) is 11.6. The van der Waals surface area contributed by atoms with Crippen molar-refractivity contribution in [2.24, 2.45) is 0 Å². The van der Waals surface area contributed by atoms with Crippen LogP contribution in [0, 0.1) is 12.7 Å². The van der Waals surface area contributed by atoms with E-state index in [9.17, 15) is 19.2 Å². The molecule has 0 fully saturated rings. The fourth-order valence-electron chi connectivity index (χ4n) is 4.09. The molecule has 13 heteroatoms. The van der Waals surface area contributed by atoms with E-state index in [1.807, 2.05) is 0 Å². The lowest BCUT2D eigenvalue weighted by Gasteiger charge is -2.29. The maximum Gasteiger partial charge on any atom is 0.424 e. The number of carbonyl (C=O) groups is 4. The SMILES string of the molecule is COC(=O)CCCC(=O)Nc1cc2cc(-c3cncc(N(C(=O)OC(C)(C)C)C(=O)OC(C)(C)C)c3C)c(F)c(Cl)c2cn1. The van der Waals surface area contributed by atoms with Crippen LogP contribution in [-0.4, -0.2) is 52.3 Å². The molecule has 2 aromatic heterocycles. The lowest BCUT2D eigenvalue weighted by atomic mass is 9.98. The van der Waals surface area contributed by atoms with Gasteiger partial charge in [-0.1, -0.05) is 11.6 Å². The van der Waals surface area contributed by atoms with Crippen molar-refractivity contribution in [3.8, 4) is 11.1 Å². The van der Waals surface area contributed by atoms with Crippen LogP contribution in [0.1, 0.15) is 66.4 Å². The maximum absolute atomic E-state index is 15.7. The Kier molecular flexibility index (Phi) is 10.5.